The SMILES string of the molecule is CCCCC(CC)COc1cc(NN)nc(C(F)(F)F)n1. The molecule has 0 aliphatic carbocycles. The molecule has 1 aromatic rings. The fraction of sp³-hybridized carbons (Fsp3) is 0.692. The third-order valence-corrected chi connectivity index (χ3v) is 3.11. The molecule has 0 spiro atoms. The molecule has 0 radical (unpaired) electrons. The molecule has 0 aromatic carbocycles. The van der Waals surface area contributed by atoms with Crippen LogP contribution in [-0.4, -0.2) is 16.6 Å². The van der Waals surface area contributed by atoms with Crippen LogP contribution in [0.25, 0.3) is 0 Å². The number of unbranched alkanes of at least 4 members (excludes halogenated alkanes) is 1. The number of nitrogens with one attached hydrogen (secondary N) is 1. The van der Waals surface area contributed by atoms with Crippen LogP contribution < -0.4 is 16.0 Å². The average Bonchev–Trinajstić information content (AvgIpc) is 2.46. The Morgan fingerprint density at radius 1 is 1.33 bits per heavy atom. The van der Waals surface area contributed by atoms with Crippen molar-refractivity contribution in [1.82, 2.24) is 9.97 Å². The van der Waals surface area contributed by atoms with Gasteiger partial charge in [-0.2, -0.15) is 18.2 Å². The van der Waals surface area contributed by atoms with Crippen molar-refractivity contribution < 1.29 is 17.9 Å². The first-order valence-electron chi connectivity index (χ1n) is 6.96. The molecule has 0 amide bonds. The van der Waals surface area contributed by atoms with Crippen molar-refractivity contribution in [3.63, 3.8) is 0 Å². The largest absolute Gasteiger partial charge is 0.477 e. The van der Waals surface area contributed by atoms with Gasteiger partial charge in [-0.05, 0) is 12.3 Å². The number of hydrogen-bond donors (Lipinski definition) is 2. The summed E-state index contributed by atoms with van der Waals surface area (Å²) in [4.78, 5) is 6.65. The van der Waals surface area contributed by atoms with Crippen molar-refractivity contribution in [1.29, 1.82) is 0 Å². The molecule has 1 aromatic heterocycles. The Balaban J connectivity index is 2.78. The Morgan fingerprint density at radius 3 is 2.57 bits per heavy atom. The van der Waals surface area contributed by atoms with Crippen molar-refractivity contribution in [3.05, 3.63) is 11.9 Å². The Hall–Kier alpha value is -1.57. The molecule has 1 atom stereocenters. The van der Waals surface area contributed by atoms with E-state index in [0.717, 1.165) is 25.7 Å². The van der Waals surface area contributed by atoms with Gasteiger partial charge in [0.05, 0.1) is 6.61 Å². The van der Waals surface area contributed by atoms with E-state index >= 15 is 0 Å². The zero-order valence-electron chi connectivity index (χ0n) is 12.2. The van der Waals surface area contributed by atoms with Crippen LogP contribution in [0.1, 0.15) is 45.4 Å². The maximum Gasteiger partial charge on any atom is 0.451 e. The molecule has 1 rings (SSSR count). The van der Waals surface area contributed by atoms with Gasteiger partial charge in [-0.25, -0.2) is 10.8 Å². The highest BCUT2D eigenvalue weighted by Crippen LogP contribution is 2.29. The second kappa shape index (κ2) is 8.02. The topological polar surface area (TPSA) is 73.1 Å². The number of ether oxygens (including phenoxy) is 1. The van der Waals surface area contributed by atoms with Crippen molar-refractivity contribution in [2.75, 3.05) is 12.0 Å². The summed E-state index contributed by atoms with van der Waals surface area (Å²) in [5.41, 5.74) is 2.08. The third kappa shape index (κ3) is 5.74. The molecule has 1 heterocycles. The number of hydrazine groups is 1. The Labute approximate surface area is 122 Å². The van der Waals surface area contributed by atoms with Gasteiger partial charge in [0.1, 0.15) is 5.82 Å². The maximum absolute atomic E-state index is 12.7. The molecule has 21 heavy (non-hydrogen) atoms. The predicted octanol–water partition coefficient (Wildman–Crippen LogP) is 3.38. The van der Waals surface area contributed by atoms with Crippen LogP contribution in [0, 0.1) is 5.92 Å². The highest BCUT2D eigenvalue weighted by molar-refractivity contribution is 5.37. The summed E-state index contributed by atoms with van der Waals surface area (Å²) in [6, 6.07) is 1.25. The zero-order chi connectivity index (χ0) is 15.9. The summed E-state index contributed by atoms with van der Waals surface area (Å²) in [7, 11) is 0. The van der Waals surface area contributed by atoms with Crippen molar-refractivity contribution in [2.45, 2.75) is 45.7 Å². The molecule has 0 saturated heterocycles. The van der Waals surface area contributed by atoms with Crippen LogP contribution in [0.2, 0.25) is 0 Å². The average molecular weight is 306 g/mol. The number of nitrogens with two attached hydrogens (primary N) is 1. The normalized spacial score (nSPS) is 13.0. The molecular weight excluding hydrogens is 285 g/mol. The summed E-state index contributed by atoms with van der Waals surface area (Å²) < 4.78 is 43.4. The third-order valence-electron chi connectivity index (χ3n) is 3.11. The lowest BCUT2D eigenvalue weighted by atomic mass is 10.0. The van der Waals surface area contributed by atoms with E-state index in [1.807, 2.05) is 6.92 Å². The lowest BCUT2D eigenvalue weighted by Crippen LogP contribution is -2.18. The van der Waals surface area contributed by atoms with Crippen LogP contribution in [0.4, 0.5) is 19.0 Å². The standard InChI is InChI=1S/C13H21F3N4O/c1-3-5-6-9(4-2)8-21-11-7-10(20-17)18-12(19-11)13(14,15)16/h7,9H,3-6,8,17H2,1-2H3,(H,18,19,20). The van der Waals surface area contributed by atoms with Gasteiger partial charge in [0.25, 0.3) is 0 Å². The summed E-state index contributed by atoms with van der Waals surface area (Å²) >= 11 is 0. The number of nitrogens with zero attached hydrogens (tertiary/aromatic N) is 2. The lowest BCUT2D eigenvalue weighted by Gasteiger charge is -2.16. The monoisotopic (exact) mass is 306 g/mol. The number of aromatic nitrogens is 2. The minimum Gasteiger partial charge on any atom is -0.477 e. The fourth-order valence-electron chi connectivity index (χ4n) is 1.80. The number of rotatable bonds is 8. The van der Waals surface area contributed by atoms with Crippen LogP contribution >= 0.6 is 0 Å². The molecular formula is C13H21F3N4O. The van der Waals surface area contributed by atoms with E-state index in [1.54, 1.807) is 0 Å². The molecule has 0 saturated carbocycles. The first-order valence-corrected chi connectivity index (χ1v) is 6.96. The minimum absolute atomic E-state index is 0.125. The van der Waals surface area contributed by atoms with E-state index in [0.29, 0.717) is 12.5 Å². The van der Waals surface area contributed by atoms with Crippen LogP contribution in [0.15, 0.2) is 6.07 Å². The zero-order valence-corrected chi connectivity index (χ0v) is 12.2. The first kappa shape index (κ1) is 17.5. The fourth-order valence-corrected chi connectivity index (χ4v) is 1.80. The smallest absolute Gasteiger partial charge is 0.451 e. The van der Waals surface area contributed by atoms with Gasteiger partial charge in [-0.3, -0.25) is 0 Å². The molecule has 8 heteroatoms. The van der Waals surface area contributed by atoms with Crippen LogP contribution in [0.3, 0.4) is 0 Å². The number of hydrogen-bond acceptors (Lipinski definition) is 5. The van der Waals surface area contributed by atoms with E-state index < -0.39 is 12.0 Å². The molecule has 0 aliphatic rings. The molecule has 1 unspecified atom stereocenters. The summed E-state index contributed by atoms with van der Waals surface area (Å²) in [6.45, 7) is 4.44. The molecule has 0 aliphatic heterocycles. The Kier molecular flexibility index (Phi) is 6.67. The summed E-state index contributed by atoms with van der Waals surface area (Å²) in [6.07, 6.45) is -0.624. The molecule has 0 fully saturated rings. The second-order valence-electron chi connectivity index (χ2n) is 4.78. The molecule has 120 valence electrons. The van der Waals surface area contributed by atoms with Gasteiger partial charge in [-0.15, -0.1) is 0 Å². The first-order chi connectivity index (χ1) is 9.90. The van der Waals surface area contributed by atoms with Gasteiger partial charge >= 0.3 is 6.18 Å². The van der Waals surface area contributed by atoms with Crippen molar-refractivity contribution >= 4 is 5.82 Å². The van der Waals surface area contributed by atoms with Gasteiger partial charge < -0.3 is 10.2 Å². The predicted molar refractivity (Wildman–Crippen MR) is 73.6 cm³/mol. The second-order valence-corrected chi connectivity index (χ2v) is 4.78. The van der Waals surface area contributed by atoms with E-state index in [9.17, 15) is 13.2 Å². The number of nitrogen functional groups attached to an aromatic ring is 1. The highest BCUT2D eigenvalue weighted by Gasteiger charge is 2.35. The number of anilines is 1. The van der Waals surface area contributed by atoms with Gasteiger partial charge in [0.2, 0.25) is 11.7 Å². The maximum atomic E-state index is 12.7. The van der Waals surface area contributed by atoms with Crippen LogP contribution in [-0.2, 0) is 6.18 Å². The van der Waals surface area contributed by atoms with Gasteiger partial charge in [-0.1, -0.05) is 33.1 Å². The van der Waals surface area contributed by atoms with E-state index in [1.165, 1.54) is 6.07 Å². The quantitative estimate of drug-likeness (QED) is 0.569. The minimum atomic E-state index is -4.64. The lowest BCUT2D eigenvalue weighted by molar-refractivity contribution is -0.145. The van der Waals surface area contributed by atoms with E-state index in [-0.39, 0.29) is 11.7 Å². The summed E-state index contributed by atoms with van der Waals surface area (Å²) in [5, 5.41) is 0. The van der Waals surface area contributed by atoms with E-state index in [2.05, 4.69) is 22.3 Å². The highest BCUT2D eigenvalue weighted by atomic mass is 19.4. The van der Waals surface area contributed by atoms with Crippen molar-refractivity contribution in [2.24, 2.45) is 11.8 Å². The Morgan fingerprint density at radius 2 is 2.05 bits per heavy atom. The molecule has 3 N–H and O–H groups in total. The molecule has 5 nitrogen and oxygen atoms in total. The Bertz CT molecular complexity index is 440. The van der Waals surface area contributed by atoms with E-state index in [4.69, 9.17) is 10.6 Å². The van der Waals surface area contributed by atoms with Crippen molar-refractivity contribution in [3.8, 4) is 5.88 Å². The van der Waals surface area contributed by atoms with Gasteiger partial charge in [0.15, 0.2) is 0 Å². The van der Waals surface area contributed by atoms with Crippen LogP contribution in [0.5, 0.6) is 5.88 Å². The molecule has 0 bridgehead atoms. The van der Waals surface area contributed by atoms with Gasteiger partial charge in [0, 0.05) is 6.07 Å². The number of halogens is 3. The number of alkyl halides is 3. The summed E-state index contributed by atoms with van der Waals surface area (Å²) in [5.74, 6) is 3.89.